The molecule has 7 nitrogen and oxygen atoms in total. The first-order valence-electron chi connectivity index (χ1n) is 9.48. The summed E-state index contributed by atoms with van der Waals surface area (Å²) < 4.78 is 5.61. The van der Waals surface area contributed by atoms with Crippen LogP contribution in [0.15, 0.2) is 48.5 Å². The zero-order valence-corrected chi connectivity index (χ0v) is 16.4. The topological polar surface area (TPSA) is 73.9 Å². The van der Waals surface area contributed by atoms with Gasteiger partial charge in [-0.15, -0.1) is 0 Å². The van der Waals surface area contributed by atoms with Crippen LogP contribution in [0, 0.1) is 0 Å². The number of nitrogens with one attached hydrogen (secondary N) is 2. The van der Waals surface area contributed by atoms with Crippen molar-refractivity contribution in [3.8, 4) is 5.75 Å². The number of nitrogens with zero attached hydrogens (tertiary/aromatic N) is 2. The van der Waals surface area contributed by atoms with Gasteiger partial charge in [0.2, 0.25) is 0 Å². The van der Waals surface area contributed by atoms with E-state index < -0.39 is 6.10 Å². The zero-order valence-electron chi connectivity index (χ0n) is 16.4. The SMILES string of the molecule is CCCCN(C(=O)Nc1ccccc1)N(C)c1ccc2c(c1)NC(=O)C(C)O2. The van der Waals surface area contributed by atoms with Crippen LogP contribution in [0.3, 0.4) is 0 Å². The van der Waals surface area contributed by atoms with Gasteiger partial charge in [0, 0.05) is 19.3 Å². The number of fused-ring (bicyclic) bond motifs is 1. The minimum atomic E-state index is -0.520. The first-order valence-corrected chi connectivity index (χ1v) is 9.48. The molecule has 2 aromatic rings. The maximum Gasteiger partial charge on any atom is 0.340 e. The Morgan fingerprint density at radius 3 is 2.68 bits per heavy atom. The van der Waals surface area contributed by atoms with Crippen LogP contribution in [0.5, 0.6) is 5.75 Å². The third kappa shape index (κ3) is 4.36. The highest BCUT2D eigenvalue weighted by Gasteiger charge is 2.25. The summed E-state index contributed by atoms with van der Waals surface area (Å²) in [6.45, 7) is 4.36. The van der Waals surface area contributed by atoms with E-state index in [0.717, 1.165) is 24.2 Å². The Morgan fingerprint density at radius 2 is 1.96 bits per heavy atom. The molecule has 1 unspecified atom stereocenters. The molecule has 0 aliphatic carbocycles. The van der Waals surface area contributed by atoms with Crippen LogP contribution < -0.4 is 20.4 Å². The number of urea groups is 1. The Kier molecular flexibility index (Phi) is 6.03. The molecular weight excluding hydrogens is 356 g/mol. The molecule has 0 aromatic heterocycles. The second kappa shape index (κ2) is 8.65. The number of hydrazine groups is 1. The highest BCUT2D eigenvalue weighted by Crippen LogP contribution is 2.33. The second-order valence-electron chi connectivity index (χ2n) is 6.73. The average molecular weight is 382 g/mol. The van der Waals surface area contributed by atoms with Crippen LogP contribution in [-0.4, -0.2) is 36.6 Å². The fourth-order valence-electron chi connectivity index (χ4n) is 2.94. The van der Waals surface area contributed by atoms with E-state index in [-0.39, 0.29) is 11.9 Å². The van der Waals surface area contributed by atoms with Crippen molar-refractivity contribution in [2.45, 2.75) is 32.8 Å². The van der Waals surface area contributed by atoms with Crippen LogP contribution in [0.1, 0.15) is 26.7 Å². The highest BCUT2D eigenvalue weighted by molar-refractivity contribution is 5.98. The number of carbonyl (C=O) groups is 2. The molecule has 0 bridgehead atoms. The molecule has 28 heavy (non-hydrogen) atoms. The number of unbranched alkanes of at least 4 members (excludes halogenated alkanes) is 1. The quantitative estimate of drug-likeness (QED) is 0.738. The summed E-state index contributed by atoms with van der Waals surface area (Å²) in [7, 11) is 1.83. The van der Waals surface area contributed by atoms with Gasteiger partial charge in [-0.25, -0.2) is 9.80 Å². The van der Waals surface area contributed by atoms with Gasteiger partial charge in [0.15, 0.2) is 6.10 Å². The standard InChI is InChI=1S/C21H26N4O3/c1-4-5-13-25(21(27)22-16-9-7-6-8-10-16)24(3)17-11-12-19-18(14-17)23-20(26)15(2)28-19/h6-12,14-15H,4-5,13H2,1-3H3,(H,22,27)(H,23,26). The van der Waals surface area contributed by atoms with Gasteiger partial charge in [-0.3, -0.25) is 9.80 Å². The molecule has 2 N–H and O–H groups in total. The number of benzene rings is 2. The third-order valence-corrected chi connectivity index (χ3v) is 4.61. The van der Waals surface area contributed by atoms with Crippen molar-refractivity contribution < 1.29 is 14.3 Å². The molecule has 1 aliphatic rings. The summed E-state index contributed by atoms with van der Waals surface area (Å²) in [5.41, 5.74) is 2.12. The molecule has 0 radical (unpaired) electrons. The van der Waals surface area contributed by atoms with Crippen molar-refractivity contribution in [3.63, 3.8) is 0 Å². The van der Waals surface area contributed by atoms with Crippen molar-refractivity contribution >= 4 is 29.0 Å². The predicted molar refractivity (Wildman–Crippen MR) is 111 cm³/mol. The van der Waals surface area contributed by atoms with Gasteiger partial charge in [0.25, 0.3) is 5.91 Å². The number of hydrogen-bond acceptors (Lipinski definition) is 4. The van der Waals surface area contributed by atoms with Gasteiger partial charge in [-0.1, -0.05) is 31.5 Å². The van der Waals surface area contributed by atoms with E-state index >= 15 is 0 Å². The molecular formula is C21H26N4O3. The number of anilines is 3. The molecule has 0 spiro atoms. The Bertz CT molecular complexity index is 841. The van der Waals surface area contributed by atoms with Crippen LogP contribution in [0.2, 0.25) is 0 Å². The molecule has 1 heterocycles. The molecule has 0 fully saturated rings. The average Bonchev–Trinajstić information content (AvgIpc) is 2.69. The van der Waals surface area contributed by atoms with E-state index in [2.05, 4.69) is 17.6 Å². The lowest BCUT2D eigenvalue weighted by atomic mass is 10.2. The summed E-state index contributed by atoms with van der Waals surface area (Å²) in [5.74, 6) is 0.440. The first kappa shape index (κ1) is 19.5. The van der Waals surface area contributed by atoms with Crippen LogP contribution in [0.4, 0.5) is 21.9 Å². The Labute approximate surface area is 165 Å². The molecule has 1 atom stereocenters. The monoisotopic (exact) mass is 382 g/mol. The Balaban J connectivity index is 1.81. The van der Waals surface area contributed by atoms with Crippen LogP contribution in [0.25, 0.3) is 0 Å². The van der Waals surface area contributed by atoms with Gasteiger partial charge in [0.05, 0.1) is 11.4 Å². The number of rotatable bonds is 6. The van der Waals surface area contributed by atoms with Crippen molar-refractivity contribution in [1.29, 1.82) is 0 Å². The minimum absolute atomic E-state index is 0.183. The number of para-hydroxylation sites is 1. The largest absolute Gasteiger partial charge is 0.479 e. The molecule has 3 amide bonds. The van der Waals surface area contributed by atoms with E-state index in [9.17, 15) is 9.59 Å². The fraction of sp³-hybridized carbons (Fsp3) is 0.333. The van der Waals surface area contributed by atoms with Crippen molar-refractivity contribution in [2.24, 2.45) is 0 Å². The lowest BCUT2D eigenvalue weighted by Crippen LogP contribution is -2.47. The smallest absolute Gasteiger partial charge is 0.340 e. The van der Waals surface area contributed by atoms with Crippen molar-refractivity contribution in [3.05, 3.63) is 48.5 Å². The summed E-state index contributed by atoms with van der Waals surface area (Å²) in [6.07, 6.45) is 1.32. The number of ether oxygens (including phenoxy) is 1. The summed E-state index contributed by atoms with van der Waals surface area (Å²) in [5, 5.41) is 9.22. The predicted octanol–water partition coefficient (Wildman–Crippen LogP) is 4.09. The normalized spacial score (nSPS) is 15.1. The lowest BCUT2D eigenvalue weighted by Gasteiger charge is -2.34. The third-order valence-electron chi connectivity index (χ3n) is 4.61. The Morgan fingerprint density at radius 1 is 1.21 bits per heavy atom. The molecule has 148 valence electrons. The van der Waals surface area contributed by atoms with E-state index in [1.807, 2.05) is 55.6 Å². The van der Waals surface area contributed by atoms with Gasteiger partial charge >= 0.3 is 6.03 Å². The molecule has 7 heteroatoms. The summed E-state index contributed by atoms with van der Waals surface area (Å²) in [6, 6.07) is 14.6. The van der Waals surface area contributed by atoms with Gasteiger partial charge in [0.1, 0.15) is 5.75 Å². The lowest BCUT2D eigenvalue weighted by molar-refractivity contribution is -0.122. The minimum Gasteiger partial charge on any atom is -0.479 e. The van der Waals surface area contributed by atoms with Crippen LogP contribution >= 0.6 is 0 Å². The first-order chi connectivity index (χ1) is 13.5. The van der Waals surface area contributed by atoms with Gasteiger partial charge in [-0.05, 0) is 43.7 Å². The highest BCUT2D eigenvalue weighted by atomic mass is 16.5. The molecule has 1 aliphatic heterocycles. The number of hydrogen-bond donors (Lipinski definition) is 2. The van der Waals surface area contributed by atoms with E-state index in [1.165, 1.54) is 0 Å². The summed E-state index contributed by atoms with van der Waals surface area (Å²) in [4.78, 5) is 24.8. The Hall–Kier alpha value is -3.22. The molecule has 3 rings (SSSR count). The zero-order chi connectivity index (χ0) is 20.1. The second-order valence-corrected chi connectivity index (χ2v) is 6.73. The number of amides is 3. The van der Waals surface area contributed by atoms with Gasteiger partial charge in [-0.2, -0.15) is 0 Å². The summed E-state index contributed by atoms with van der Waals surface area (Å²) >= 11 is 0. The van der Waals surface area contributed by atoms with Gasteiger partial charge < -0.3 is 15.4 Å². The van der Waals surface area contributed by atoms with E-state index in [1.54, 1.807) is 16.9 Å². The molecule has 0 saturated carbocycles. The van der Waals surface area contributed by atoms with Crippen molar-refractivity contribution in [1.82, 2.24) is 5.01 Å². The van der Waals surface area contributed by atoms with Crippen molar-refractivity contribution in [2.75, 3.05) is 29.2 Å². The molecule has 2 aromatic carbocycles. The van der Waals surface area contributed by atoms with Crippen LogP contribution in [-0.2, 0) is 4.79 Å². The fourth-order valence-corrected chi connectivity index (χ4v) is 2.94. The molecule has 0 saturated heterocycles. The van der Waals surface area contributed by atoms with E-state index in [0.29, 0.717) is 18.0 Å². The van der Waals surface area contributed by atoms with E-state index in [4.69, 9.17) is 4.74 Å². The number of carbonyl (C=O) groups excluding carboxylic acids is 2. The maximum atomic E-state index is 12.9. The maximum absolute atomic E-state index is 12.9.